The molecular formula is C25H23ClN3O2+. The third kappa shape index (κ3) is 4.67. The van der Waals surface area contributed by atoms with Crippen molar-refractivity contribution in [2.24, 2.45) is 0 Å². The molecule has 0 unspecified atom stereocenters. The summed E-state index contributed by atoms with van der Waals surface area (Å²) in [6.07, 6.45) is 1.84. The Morgan fingerprint density at radius 1 is 0.935 bits per heavy atom. The number of nitrogens with zero attached hydrogens (tertiary/aromatic N) is 1. The van der Waals surface area contributed by atoms with E-state index < -0.39 is 12.1 Å². The molecule has 3 aromatic carbocycles. The van der Waals surface area contributed by atoms with Crippen LogP contribution >= 0.6 is 11.6 Å². The lowest BCUT2D eigenvalue weighted by Crippen LogP contribution is -2.42. The lowest BCUT2D eigenvalue weighted by Gasteiger charge is -2.15. The van der Waals surface area contributed by atoms with Crippen molar-refractivity contribution < 1.29 is 14.3 Å². The Bertz CT molecular complexity index is 1140. The van der Waals surface area contributed by atoms with Crippen molar-refractivity contribution in [2.75, 3.05) is 0 Å². The minimum atomic E-state index is -0.750. The molecule has 0 saturated carbocycles. The number of hydrogen-bond acceptors (Lipinski definition) is 2. The molecule has 3 aromatic rings. The summed E-state index contributed by atoms with van der Waals surface area (Å²) in [6, 6.07) is 21.4. The Hall–Kier alpha value is -3.44. The van der Waals surface area contributed by atoms with E-state index in [0.29, 0.717) is 10.6 Å². The van der Waals surface area contributed by atoms with Gasteiger partial charge in [-0.2, -0.15) is 0 Å². The summed E-state index contributed by atoms with van der Waals surface area (Å²) >= 11 is 5.99. The van der Waals surface area contributed by atoms with Crippen molar-refractivity contribution in [3.8, 4) is 0 Å². The topological polar surface area (TPSA) is 61.2 Å². The number of rotatable bonds is 4. The summed E-state index contributed by atoms with van der Waals surface area (Å²) in [5, 5.41) is 3.56. The highest BCUT2D eigenvalue weighted by molar-refractivity contribution is 6.30. The van der Waals surface area contributed by atoms with Crippen molar-refractivity contribution in [1.29, 1.82) is 0 Å². The molecule has 0 radical (unpaired) electrons. The molecule has 5 nitrogen and oxygen atoms in total. The lowest BCUT2D eigenvalue weighted by atomic mass is 9.98. The van der Waals surface area contributed by atoms with Gasteiger partial charge in [0.2, 0.25) is 12.3 Å². The maximum atomic E-state index is 12.9. The first-order valence-electron chi connectivity index (χ1n) is 10.0. The van der Waals surface area contributed by atoms with Crippen LogP contribution in [0.25, 0.3) is 0 Å². The van der Waals surface area contributed by atoms with E-state index in [-0.39, 0.29) is 11.8 Å². The van der Waals surface area contributed by atoms with Crippen LogP contribution in [0.4, 0.5) is 0 Å². The summed E-state index contributed by atoms with van der Waals surface area (Å²) in [5.41, 5.74) is 7.39. The largest absolute Gasteiger partial charge is 0.334 e. The van der Waals surface area contributed by atoms with Gasteiger partial charge in [0.25, 0.3) is 5.91 Å². The molecule has 2 amide bonds. The number of amides is 2. The number of hydrogen-bond donors (Lipinski definition) is 2. The van der Waals surface area contributed by atoms with E-state index in [0.717, 1.165) is 22.3 Å². The van der Waals surface area contributed by atoms with Gasteiger partial charge in [-0.1, -0.05) is 59.1 Å². The van der Waals surface area contributed by atoms with Crippen LogP contribution in [0.1, 0.15) is 38.7 Å². The van der Waals surface area contributed by atoms with Crippen molar-refractivity contribution >= 4 is 29.6 Å². The highest BCUT2D eigenvalue weighted by atomic mass is 35.5. The SMILES string of the molecule is Cc1ccc(C(=O)N[C@@H]2C(=O)N/[N+](=C\c3ccc(Cl)cc3)[C@H]2c2ccc(C)cc2)cc1. The molecule has 2 N–H and O–H groups in total. The van der Waals surface area contributed by atoms with Crippen LogP contribution in [0.2, 0.25) is 5.02 Å². The summed E-state index contributed by atoms with van der Waals surface area (Å²) in [7, 11) is 0. The number of nitrogens with one attached hydrogen (secondary N) is 2. The van der Waals surface area contributed by atoms with E-state index in [4.69, 9.17) is 11.6 Å². The van der Waals surface area contributed by atoms with E-state index in [9.17, 15) is 9.59 Å². The van der Waals surface area contributed by atoms with Crippen LogP contribution in [0, 0.1) is 13.8 Å². The van der Waals surface area contributed by atoms with Gasteiger partial charge in [0.15, 0.2) is 6.04 Å². The first-order valence-corrected chi connectivity index (χ1v) is 10.4. The molecule has 0 aromatic heterocycles. The standard InChI is InChI=1S/C25H22ClN3O2/c1-16-3-9-19(10-4-16)23-22(27-24(30)20-11-5-17(2)6-12-20)25(31)28-29(23)15-18-7-13-21(26)14-8-18/h3-15,22-23H,1-2H3,(H-,27,28,30,31)/p+1/b29-15-/t22-,23-/m0/s1. The normalized spacial score (nSPS) is 19.3. The van der Waals surface area contributed by atoms with E-state index >= 15 is 0 Å². The molecule has 1 fully saturated rings. The van der Waals surface area contributed by atoms with Crippen molar-refractivity contribution in [3.05, 3.63) is 106 Å². The average molecular weight is 433 g/mol. The smallest absolute Gasteiger partial charge is 0.304 e. The Morgan fingerprint density at radius 2 is 1.52 bits per heavy atom. The molecule has 31 heavy (non-hydrogen) atoms. The molecule has 4 rings (SSSR count). The van der Waals surface area contributed by atoms with Crippen molar-refractivity contribution in [1.82, 2.24) is 10.7 Å². The zero-order valence-corrected chi connectivity index (χ0v) is 18.1. The van der Waals surface area contributed by atoms with Crippen LogP contribution in [0.5, 0.6) is 0 Å². The van der Waals surface area contributed by atoms with Crippen molar-refractivity contribution in [2.45, 2.75) is 25.9 Å². The minimum Gasteiger partial charge on any atom is -0.334 e. The fourth-order valence-corrected chi connectivity index (χ4v) is 3.71. The molecule has 1 heterocycles. The first kappa shape index (κ1) is 20.8. The molecular weight excluding hydrogens is 410 g/mol. The molecule has 0 bridgehead atoms. The van der Waals surface area contributed by atoms with Gasteiger partial charge in [-0.25, -0.2) is 0 Å². The molecule has 1 aliphatic rings. The van der Waals surface area contributed by atoms with Crippen LogP contribution in [0.3, 0.4) is 0 Å². The molecule has 0 aliphatic carbocycles. The van der Waals surface area contributed by atoms with Gasteiger partial charge in [0.05, 0.1) is 0 Å². The van der Waals surface area contributed by atoms with Crippen molar-refractivity contribution in [3.63, 3.8) is 0 Å². The van der Waals surface area contributed by atoms with E-state index in [1.165, 1.54) is 0 Å². The molecule has 156 valence electrons. The number of hydrazone groups is 1. The number of aryl methyl sites for hydroxylation is 2. The molecule has 2 atom stereocenters. The summed E-state index contributed by atoms with van der Waals surface area (Å²) < 4.78 is 1.75. The van der Waals surface area contributed by atoms with Crippen LogP contribution in [0.15, 0.2) is 72.8 Å². The van der Waals surface area contributed by atoms with Gasteiger partial charge in [-0.05, 0) is 50.2 Å². The number of benzene rings is 3. The predicted octanol–water partition coefficient (Wildman–Crippen LogP) is 3.97. The van der Waals surface area contributed by atoms with Gasteiger partial charge in [0.1, 0.15) is 0 Å². The summed E-state index contributed by atoms with van der Waals surface area (Å²) in [6.45, 7) is 3.97. The third-order valence-electron chi connectivity index (χ3n) is 5.31. The van der Waals surface area contributed by atoms with Gasteiger partial charge < -0.3 is 5.32 Å². The maximum Gasteiger partial charge on any atom is 0.304 e. The molecule has 6 heteroatoms. The Balaban J connectivity index is 1.69. The Morgan fingerprint density at radius 3 is 2.13 bits per heavy atom. The predicted molar refractivity (Wildman–Crippen MR) is 121 cm³/mol. The third-order valence-corrected chi connectivity index (χ3v) is 5.57. The zero-order valence-electron chi connectivity index (χ0n) is 17.3. The van der Waals surface area contributed by atoms with E-state index in [1.54, 1.807) is 28.9 Å². The second-order valence-corrected chi connectivity index (χ2v) is 8.17. The second-order valence-electron chi connectivity index (χ2n) is 7.74. The first-order chi connectivity index (χ1) is 14.9. The monoisotopic (exact) mass is 432 g/mol. The Kier molecular flexibility index (Phi) is 5.87. The number of hydrazine groups is 1. The number of carbonyl (C=O) groups excluding carboxylic acids is 2. The van der Waals surface area contributed by atoms with Gasteiger partial charge in [0, 0.05) is 21.7 Å². The maximum absolute atomic E-state index is 12.9. The quantitative estimate of drug-likeness (QED) is 0.613. The lowest BCUT2D eigenvalue weighted by molar-refractivity contribution is -0.596. The fraction of sp³-hybridized carbons (Fsp3) is 0.160. The molecule has 1 saturated heterocycles. The zero-order chi connectivity index (χ0) is 22.0. The van der Waals surface area contributed by atoms with E-state index in [2.05, 4.69) is 10.7 Å². The van der Waals surface area contributed by atoms with Gasteiger partial charge >= 0.3 is 5.91 Å². The van der Waals surface area contributed by atoms with E-state index in [1.807, 2.05) is 68.6 Å². The number of halogens is 1. The molecule has 0 spiro atoms. The van der Waals surface area contributed by atoms with Crippen LogP contribution in [-0.4, -0.2) is 28.8 Å². The fourth-order valence-electron chi connectivity index (χ4n) is 3.58. The summed E-state index contributed by atoms with van der Waals surface area (Å²) in [5.74, 6) is -0.554. The summed E-state index contributed by atoms with van der Waals surface area (Å²) in [4.78, 5) is 25.7. The van der Waals surface area contributed by atoms with Crippen LogP contribution < -0.4 is 10.7 Å². The second kappa shape index (κ2) is 8.74. The van der Waals surface area contributed by atoms with Crippen LogP contribution in [-0.2, 0) is 4.79 Å². The Labute approximate surface area is 186 Å². The highest BCUT2D eigenvalue weighted by Gasteiger charge is 2.47. The molecule has 1 aliphatic heterocycles. The van der Waals surface area contributed by atoms with Gasteiger partial charge in [-0.15, -0.1) is 10.1 Å². The minimum absolute atomic E-state index is 0.267. The van der Waals surface area contributed by atoms with Gasteiger partial charge in [-0.3, -0.25) is 9.59 Å². The average Bonchev–Trinajstić information content (AvgIpc) is 3.05. The highest BCUT2D eigenvalue weighted by Crippen LogP contribution is 2.26. The number of carbonyl (C=O) groups is 2.